The molecule has 0 N–H and O–H groups in total. The van der Waals surface area contributed by atoms with Gasteiger partial charge in [-0.05, 0) is 23.6 Å². The quantitative estimate of drug-likeness (QED) is 0.796. The topological polar surface area (TPSA) is 30.7 Å². The number of rotatable bonds is 4. The van der Waals surface area contributed by atoms with Gasteiger partial charge in [-0.1, -0.05) is 47.1 Å². The molecule has 0 fully saturated rings. The van der Waals surface area contributed by atoms with E-state index in [1.54, 1.807) is 0 Å². The second-order valence-electron chi connectivity index (χ2n) is 4.49. The third kappa shape index (κ3) is 2.93. The van der Waals surface area contributed by atoms with Gasteiger partial charge in [0.2, 0.25) is 0 Å². The van der Waals surface area contributed by atoms with Gasteiger partial charge >= 0.3 is 0 Å². The van der Waals surface area contributed by atoms with Gasteiger partial charge in [-0.25, -0.2) is 4.68 Å². The van der Waals surface area contributed by atoms with Crippen molar-refractivity contribution in [2.24, 2.45) is 0 Å². The fraction of sp³-hybridized carbons (Fsp3) is 0.385. The van der Waals surface area contributed by atoms with E-state index in [4.69, 9.17) is 11.6 Å². The zero-order chi connectivity index (χ0) is 13.1. The van der Waals surface area contributed by atoms with Crippen LogP contribution in [0.15, 0.2) is 28.7 Å². The highest BCUT2D eigenvalue weighted by atomic mass is 79.9. The molecule has 0 saturated carbocycles. The molecule has 0 aliphatic heterocycles. The van der Waals surface area contributed by atoms with E-state index in [0.29, 0.717) is 11.8 Å². The van der Waals surface area contributed by atoms with Crippen molar-refractivity contribution in [1.82, 2.24) is 15.0 Å². The molecule has 5 heteroatoms. The van der Waals surface area contributed by atoms with E-state index in [9.17, 15) is 0 Å². The molecule has 1 aromatic heterocycles. The predicted molar refractivity (Wildman–Crippen MR) is 76.9 cm³/mol. The van der Waals surface area contributed by atoms with E-state index in [0.717, 1.165) is 22.4 Å². The molecule has 0 aliphatic rings. The lowest BCUT2D eigenvalue weighted by atomic mass is 10.1. The van der Waals surface area contributed by atoms with Crippen molar-refractivity contribution in [2.45, 2.75) is 32.2 Å². The van der Waals surface area contributed by atoms with E-state index in [2.05, 4.69) is 52.2 Å². The fourth-order valence-electron chi connectivity index (χ4n) is 1.96. The lowest BCUT2D eigenvalue weighted by Crippen LogP contribution is -2.08. The van der Waals surface area contributed by atoms with E-state index in [-0.39, 0.29) is 0 Å². The molecule has 2 aromatic rings. The first-order valence-corrected chi connectivity index (χ1v) is 7.17. The van der Waals surface area contributed by atoms with Gasteiger partial charge in [0.15, 0.2) is 0 Å². The zero-order valence-electron chi connectivity index (χ0n) is 10.4. The van der Waals surface area contributed by atoms with Crippen LogP contribution in [-0.2, 0) is 12.4 Å². The molecule has 0 bridgehead atoms. The van der Waals surface area contributed by atoms with Crippen LogP contribution in [0.25, 0.3) is 0 Å². The molecule has 1 heterocycles. The second-order valence-corrected chi connectivity index (χ2v) is 5.68. The van der Waals surface area contributed by atoms with E-state index in [1.165, 1.54) is 5.56 Å². The molecule has 1 aromatic carbocycles. The Labute approximate surface area is 120 Å². The summed E-state index contributed by atoms with van der Waals surface area (Å²) in [6.07, 6.45) is 0. The van der Waals surface area contributed by atoms with Crippen molar-refractivity contribution in [2.75, 3.05) is 0 Å². The molecule has 0 atom stereocenters. The van der Waals surface area contributed by atoms with Crippen LogP contribution in [-0.4, -0.2) is 15.0 Å². The largest absolute Gasteiger partial charge is 0.244 e. The standard InChI is InChI=1S/C13H15BrClN3/c1-9(2)13-12(7-15)16-17-18(13)8-10-3-5-11(14)6-4-10/h3-6,9H,7-8H2,1-2H3. The van der Waals surface area contributed by atoms with Crippen molar-refractivity contribution in [3.8, 4) is 0 Å². The number of hydrogen-bond acceptors (Lipinski definition) is 2. The lowest BCUT2D eigenvalue weighted by Gasteiger charge is -2.10. The van der Waals surface area contributed by atoms with Gasteiger partial charge in [0.1, 0.15) is 5.69 Å². The minimum atomic E-state index is 0.365. The van der Waals surface area contributed by atoms with E-state index < -0.39 is 0 Å². The summed E-state index contributed by atoms with van der Waals surface area (Å²) in [6.45, 7) is 4.99. The highest BCUT2D eigenvalue weighted by Gasteiger charge is 2.15. The molecule has 0 unspecified atom stereocenters. The summed E-state index contributed by atoms with van der Waals surface area (Å²) in [5.74, 6) is 0.776. The molecule has 2 rings (SSSR count). The Bertz CT molecular complexity index is 520. The van der Waals surface area contributed by atoms with Gasteiger partial charge in [0, 0.05) is 4.47 Å². The summed E-state index contributed by atoms with van der Waals surface area (Å²) >= 11 is 9.32. The van der Waals surface area contributed by atoms with Gasteiger partial charge < -0.3 is 0 Å². The van der Waals surface area contributed by atoms with Crippen molar-refractivity contribution in [3.63, 3.8) is 0 Å². The van der Waals surface area contributed by atoms with Crippen LogP contribution in [0.1, 0.15) is 36.7 Å². The number of benzene rings is 1. The van der Waals surface area contributed by atoms with Crippen molar-refractivity contribution in [1.29, 1.82) is 0 Å². The van der Waals surface area contributed by atoms with Gasteiger partial charge in [-0.3, -0.25) is 0 Å². The normalized spacial score (nSPS) is 11.2. The summed E-state index contributed by atoms with van der Waals surface area (Å²) in [5, 5.41) is 8.34. The predicted octanol–water partition coefficient (Wildman–Crippen LogP) is 3.95. The monoisotopic (exact) mass is 327 g/mol. The maximum absolute atomic E-state index is 5.89. The van der Waals surface area contributed by atoms with E-state index in [1.807, 2.05) is 16.8 Å². The minimum Gasteiger partial charge on any atom is -0.244 e. The third-order valence-electron chi connectivity index (χ3n) is 2.77. The molecule has 0 spiro atoms. The third-order valence-corrected chi connectivity index (χ3v) is 3.55. The highest BCUT2D eigenvalue weighted by molar-refractivity contribution is 9.10. The fourth-order valence-corrected chi connectivity index (χ4v) is 2.42. The summed E-state index contributed by atoms with van der Waals surface area (Å²) in [6, 6.07) is 8.22. The molecule has 3 nitrogen and oxygen atoms in total. The van der Waals surface area contributed by atoms with Crippen molar-refractivity contribution >= 4 is 27.5 Å². The minimum absolute atomic E-state index is 0.365. The lowest BCUT2D eigenvalue weighted by molar-refractivity contribution is 0.597. The van der Waals surface area contributed by atoms with Crippen LogP contribution in [0, 0.1) is 0 Å². The Morgan fingerprint density at radius 2 is 1.94 bits per heavy atom. The first-order valence-electron chi connectivity index (χ1n) is 5.84. The van der Waals surface area contributed by atoms with Crippen LogP contribution in [0.4, 0.5) is 0 Å². The molecule has 96 valence electrons. The maximum atomic E-state index is 5.89. The van der Waals surface area contributed by atoms with Crippen LogP contribution >= 0.6 is 27.5 Å². The molecule has 0 amide bonds. The Morgan fingerprint density at radius 3 is 2.50 bits per heavy atom. The summed E-state index contributed by atoms with van der Waals surface area (Å²) < 4.78 is 3.02. The Balaban J connectivity index is 2.28. The Kier molecular flexibility index (Phi) is 4.40. The Morgan fingerprint density at radius 1 is 1.28 bits per heavy atom. The van der Waals surface area contributed by atoms with Crippen LogP contribution in [0.3, 0.4) is 0 Å². The number of aromatic nitrogens is 3. The highest BCUT2D eigenvalue weighted by Crippen LogP contribution is 2.20. The van der Waals surface area contributed by atoms with Gasteiger partial charge in [-0.15, -0.1) is 16.7 Å². The summed E-state index contributed by atoms with van der Waals surface area (Å²) in [5.41, 5.74) is 3.20. The Hall–Kier alpha value is -0.870. The SMILES string of the molecule is CC(C)c1c(CCl)nnn1Cc1ccc(Br)cc1. The zero-order valence-corrected chi connectivity index (χ0v) is 12.7. The van der Waals surface area contributed by atoms with E-state index >= 15 is 0 Å². The van der Waals surface area contributed by atoms with Crippen molar-refractivity contribution < 1.29 is 0 Å². The number of hydrogen-bond donors (Lipinski definition) is 0. The number of nitrogens with zero attached hydrogens (tertiary/aromatic N) is 3. The van der Waals surface area contributed by atoms with Gasteiger partial charge in [-0.2, -0.15) is 0 Å². The maximum Gasteiger partial charge on any atom is 0.101 e. The van der Waals surface area contributed by atoms with Crippen LogP contribution in [0.2, 0.25) is 0 Å². The molecule has 18 heavy (non-hydrogen) atoms. The molecular formula is C13H15BrClN3. The summed E-state index contributed by atoms with van der Waals surface area (Å²) in [4.78, 5) is 0. The van der Waals surface area contributed by atoms with Crippen LogP contribution in [0.5, 0.6) is 0 Å². The molecule has 0 aliphatic carbocycles. The van der Waals surface area contributed by atoms with Gasteiger partial charge in [0.05, 0.1) is 18.1 Å². The average molecular weight is 329 g/mol. The smallest absolute Gasteiger partial charge is 0.101 e. The molecule has 0 saturated heterocycles. The first-order chi connectivity index (χ1) is 8.61. The number of halogens is 2. The van der Waals surface area contributed by atoms with Crippen LogP contribution < -0.4 is 0 Å². The van der Waals surface area contributed by atoms with Crippen molar-refractivity contribution in [3.05, 3.63) is 45.7 Å². The summed E-state index contributed by atoms with van der Waals surface area (Å²) in [7, 11) is 0. The molecule has 0 radical (unpaired) electrons. The first kappa shape index (κ1) is 13.6. The molecular weight excluding hydrogens is 314 g/mol. The second kappa shape index (κ2) is 5.85. The van der Waals surface area contributed by atoms with Gasteiger partial charge in [0.25, 0.3) is 0 Å². The average Bonchev–Trinajstić information content (AvgIpc) is 2.75. The number of alkyl halides is 1.